The topological polar surface area (TPSA) is 12.0 Å². The summed E-state index contributed by atoms with van der Waals surface area (Å²) < 4.78 is 0. The van der Waals surface area contributed by atoms with Crippen LogP contribution in [0.2, 0.25) is 5.02 Å². The third-order valence-electron chi connectivity index (χ3n) is 3.54. The van der Waals surface area contributed by atoms with E-state index in [1.54, 1.807) is 0 Å². The molecule has 2 heteroatoms. The van der Waals surface area contributed by atoms with Gasteiger partial charge in [-0.15, -0.1) is 0 Å². The summed E-state index contributed by atoms with van der Waals surface area (Å²) in [6, 6.07) is 17.3. The molecule has 0 aromatic heterocycles. The van der Waals surface area contributed by atoms with Gasteiger partial charge in [0.1, 0.15) is 0 Å². The van der Waals surface area contributed by atoms with Gasteiger partial charge < -0.3 is 5.32 Å². The molecule has 20 heavy (non-hydrogen) atoms. The molecule has 1 N–H and O–H groups in total. The van der Waals surface area contributed by atoms with E-state index in [0.717, 1.165) is 18.0 Å². The molecule has 0 amide bonds. The molecule has 106 valence electrons. The minimum absolute atomic E-state index is 0.453. The van der Waals surface area contributed by atoms with Crippen LogP contribution in [-0.4, -0.2) is 6.54 Å². The first-order chi connectivity index (χ1) is 9.74. The van der Waals surface area contributed by atoms with E-state index in [9.17, 15) is 0 Å². The predicted molar refractivity (Wildman–Crippen MR) is 88.2 cm³/mol. The summed E-state index contributed by atoms with van der Waals surface area (Å²) in [5.41, 5.74) is 3.80. The Hall–Kier alpha value is -1.31. The third kappa shape index (κ3) is 3.84. The number of hydrogen-bond acceptors (Lipinski definition) is 1. The monoisotopic (exact) mass is 287 g/mol. The molecule has 0 aliphatic rings. The van der Waals surface area contributed by atoms with E-state index in [4.69, 9.17) is 11.6 Å². The quantitative estimate of drug-likeness (QED) is 0.744. The average molecular weight is 288 g/mol. The van der Waals surface area contributed by atoms with Crippen LogP contribution in [0.25, 0.3) is 11.1 Å². The van der Waals surface area contributed by atoms with Gasteiger partial charge >= 0.3 is 0 Å². The van der Waals surface area contributed by atoms with Crippen LogP contribution in [0, 0.1) is 0 Å². The molecule has 0 radical (unpaired) electrons. The largest absolute Gasteiger partial charge is 0.310 e. The van der Waals surface area contributed by atoms with Crippen LogP contribution >= 0.6 is 11.6 Å². The van der Waals surface area contributed by atoms with Crippen molar-refractivity contribution >= 4 is 11.6 Å². The SMILES string of the molecule is CCCNC(CC)c1ccc(-c2ccc(Cl)cc2)cc1. The number of halogens is 1. The zero-order valence-electron chi connectivity index (χ0n) is 12.2. The fourth-order valence-corrected chi connectivity index (χ4v) is 2.49. The smallest absolute Gasteiger partial charge is 0.0406 e. The van der Waals surface area contributed by atoms with Crippen molar-refractivity contribution in [1.29, 1.82) is 0 Å². The fourth-order valence-electron chi connectivity index (χ4n) is 2.37. The van der Waals surface area contributed by atoms with E-state index in [1.165, 1.54) is 23.1 Å². The molecule has 0 spiro atoms. The van der Waals surface area contributed by atoms with Gasteiger partial charge in [0.05, 0.1) is 0 Å². The van der Waals surface area contributed by atoms with Gasteiger partial charge in [-0.1, -0.05) is 61.8 Å². The molecular formula is C18H22ClN. The Morgan fingerprint density at radius 1 is 0.900 bits per heavy atom. The highest BCUT2D eigenvalue weighted by atomic mass is 35.5. The molecule has 0 saturated heterocycles. The maximum absolute atomic E-state index is 5.92. The molecule has 0 aliphatic heterocycles. The highest BCUT2D eigenvalue weighted by Gasteiger charge is 2.08. The van der Waals surface area contributed by atoms with Gasteiger partial charge in [0.2, 0.25) is 0 Å². The number of benzene rings is 2. The second-order valence-electron chi connectivity index (χ2n) is 5.04. The van der Waals surface area contributed by atoms with E-state index in [2.05, 4.69) is 55.6 Å². The van der Waals surface area contributed by atoms with Gasteiger partial charge in [-0.25, -0.2) is 0 Å². The van der Waals surface area contributed by atoms with Crippen molar-refractivity contribution in [1.82, 2.24) is 5.32 Å². The highest BCUT2D eigenvalue weighted by Crippen LogP contribution is 2.24. The highest BCUT2D eigenvalue weighted by molar-refractivity contribution is 6.30. The van der Waals surface area contributed by atoms with Crippen molar-refractivity contribution < 1.29 is 0 Å². The first-order valence-electron chi connectivity index (χ1n) is 7.34. The van der Waals surface area contributed by atoms with Crippen LogP contribution in [0.1, 0.15) is 38.3 Å². The molecule has 0 saturated carbocycles. The molecular weight excluding hydrogens is 266 g/mol. The summed E-state index contributed by atoms with van der Waals surface area (Å²) in [5.74, 6) is 0. The summed E-state index contributed by atoms with van der Waals surface area (Å²) >= 11 is 5.92. The normalized spacial score (nSPS) is 12.3. The molecule has 1 nitrogen and oxygen atoms in total. The van der Waals surface area contributed by atoms with Crippen LogP contribution < -0.4 is 5.32 Å². The third-order valence-corrected chi connectivity index (χ3v) is 3.79. The zero-order chi connectivity index (χ0) is 14.4. The van der Waals surface area contributed by atoms with E-state index >= 15 is 0 Å². The Bertz CT molecular complexity index is 516. The molecule has 1 atom stereocenters. The molecule has 0 fully saturated rings. The Kier molecular flexibility index (Phi) is 5.63. The summed E-state index contributed by atoms with van der Waals surface area (Å²) in [4.78, 5) is 0. The van der Waals surface area contributed by atoms with Crippen molar-refractivity contribution in [2.24, 2.45) is 0 Å². The van der Waals surface area contributed by atoms with Gasteiger partial charge in [0, 0.05) is 11.1 Å². The molecule has 0 bridgehead atoms. The average Bonchev–Trinajstić information content (AvgIpc) is 2.49. The van der Waals surface area contributed by atoms with E-state index in [0.29, 0.717) is 6.04 Å². The first-order valence-corrected chi connectivity index (χ1v) is 7.71. The maximum Gasteiger partial charge on any atom is 0.0406 e. The summed E-state index contributed by atoms with van der Waals surface area (Å²) in [6.45, 7) is 5.49. The number of rotatable bonds is 6. The molecule has 2 aromatic carbocycles. The minimum Gasteiger partial charge on any atom is -0.310 e. The Balaban J connectivity index is 2.14. The van der Waals surface area contributed by atoms with Gasteiger partial charge in [-0.2, -0.15) is 0 Å². The van der Waals surface area contributed by atoms with E-state index in [-0.39, 0.29) is 0 Å². The van der Waals surface area contributed by atoms with E-state index < -0.39 is 0 Å². The van der Waals surface area contributed by atoms with Crippen molar-refractivity contribution in [3.8, 4) is 11.1 Å². The van der Waals surface area contributed by atoms with Crippen molar-refractivity contribution in [3.05, 3.63) is 59.1 Å². The van der Waals surface area contributed by atoms with Crippen molar-refractivity contribution in [2.45, 2.75) is 32.7 Å². The van der Waals surface area contributed by atoms with Gasteiger partial charge in [-0.05, 0) is 48.2 Å². The first kappa shape index (κ1) is 15.1. The minimum atomic E-state index is 0.453. The van der Waals surface area contributed by atoms with Gasteiger partial charge in [0.25, 0.3) is 0 Å². The lowest BCUT2D eigenvalue weighted by molar-refractivity contribution is 0.518. The summed E-state index contributed by atoms with van der Waals surface area (Å²) in [6.07, 6.45) is 2.28. The van der Waals surface area contributed by atoms with Crippen LogP contribution in [0.15, 0.2) is 48.5 Å². The predicted octanol–water partition coefficient (Wildman–Crippen LogP) is 5.46. The van der Waals surface area contributed by atoms with Crippen LogP contribution in [0.3, 0.4) is 0 Å². The van der Waals surface area contributed by atoms with Crippen LogP contribution in [-0.2, 0) is 0 Å². The molecule has 0 aliphatic carbocycles. The van der Waals surface area contributed by atoms with Crippen LogP contribution in [0.4, 0.5) is 0 Å². The fraction of sp³-hybridized carbons (Fsp3) is 0.333. The lowest BCUT2D eigenvalue weighted by Crippen LogP contribution is -2.21. The second-order valence-corrected chi connectivity index (χ2v) is 5.48. The zero-order valence-corrected chi connectivity index (χ0v) is 13.0. The molecule has 1 unspecified atom stereocenters. The Labute approximate surface area is 127 Å². The number of hydrogen-bond donors (Lipinski definition) is 1. The summed E-state index contributed by atoms with van der Waals surface area (Å²) in [5, 5.41) is 4.36. The second kappa shape index (κ2) is 7.47. The molecule has 2 rings (SSSR count). The lowest BCUT2D eigenvalue weighted by atomic mass is 9.99. The Morgan fingerprint density at radius 2 is 1.45 bits per heavy atom. The maximum atomic E-state index is 5.92. The van der Waals surface area contributed by atoms with Crippen LogP contribution in [0.5, 0.6) is 0 Å². The van der Waals surface area contributed by atoms with Gasteiger partial charge in [-0.3, -0.25) is 0 Å². The standard InChI is InChI=1S/C18H22ClN/c1-3-13-20-18(4-2)16-7-5-14(6-8-16)15-9-11-17(19)12-10-15/h5-12,18,20H,3-4,13H2,1-2H3. The van der Waals surface area contributed by atoms with Crippen molar-refractivity contribution in [2.75, 3.05) is 6.54 Å². The Morgan fingerprint density at radius 3 is 1.95 bits per heavy atom. The van der Waals surface area contributed by atoms with Gasteiger partial charge in [0.15, 0.2) is 0 Å². The van der Waals surface area contributed by atoms with E-state index in [1.807, 2.05) is 12.1 Å². The molecule has 0 heterocycles. The number of nitrogens with one attached hydrogen (secondary N) is 1. The molecule has 2 aromatic rings. The van der Waals surface area contributed by atoms with Crippen molar-refractivity contribution in [3.63, 3.8) is 0 Å². The lowest BCUT2D eigenvalue weighted by Gasteiger charge is -2.17. The summed E-state index contributed by atoms with van der Waals surface area (Å²) in [7, 11) is 0.